The molecule has 0 saturated carbocycles. The van der Waals surface area contributed by atoms with Gasteiger partial charge in [-0.3, -0.25) is 14.8 Å². The van der Waals surface area contributed by atoms with Crippen molar-refractivity contribution in [1.82, 2.24) is 15.3 Å². The SMILES string of the molecule is Cc1cccc(C(=O)N[C@H]2CCCc3cnc(-c4ccnc(C(F)(F)F)c4)cc32)c1. The van der Waals surface area contributed by atoms with Crippen molar-refractivity contribution in [3.05, 3.63) is 82.8 Å². The maximum atomic E-state index is 13.0. The first-order valence-corrected chi connectivity index (χ1v) is 9.71. The lowest BCUT2D eigenvalue weighted by atomic mass is 9.87. The number of hydrogen-bond acceptors (Lipinski definition) is 3. The molecule has 1 amide bonds. The fraction of sp³-hybridized carbons (Fsp3) is 0.261. The van der Waals surface area contributed by atoms with Crippen LogP contribution in [0.5, 0.6) is 0 Å². The topological polar surface area (TPSA) is 54.9 Å². The number of rotatable bonds is 3. The maximum absolute atomic E-state index is 13.0. The molecule has 0 saturated heterocycles. The Morgan fingerprint density at radius 2 is 1.97 bits per heavy atom. The summed E-state index contributed by atoms with van der Waals surface area (Å²) >= 11 is 0. The highest BCUT2D eigenvalue weighted by Crippen LogP contribution is 2.34. The predicted octanol–water partition coefficient (Wildman–Crippen LogP) is 5.28. The number of nitrogens with one attached hydrogen (secondary N) is 1. The van der Waals surface area contributed by atoms with Crippen molar-refractivity contribution < 1.29 is 18.0 Å². The van der Waals surface area contributed by atoms with E-state index in [0.29, 0.717) is 16.8 Å². The fourth-order valence-corrected chi connectivity index (χ4v) is 3.77. The molecule has 2 heterocycles. The molecule has 0 fully saturated rings. The first kappa shape index (κ1) is 20.1. The van der Waals surface area contributed by atoms with Crippen LogP contribution in [0.2, 0.25) is 0 Å². The summed E-state index contributed by atoms with van der Waals surface area (Å²) in [6, 6.07) is 11.4. The van der Waals surface area contributed by atoms with Gasteiger partial charge in [0.15, 0.2) is 0 Å². The molecule has 1 aliphatic carbocycles. The van der Waals surface area contributed by atoms with Crippen LogP contribution in [-0.2, 0) is 12.6 Å². The minimum atomic E-state index is -4.52. The van der Waals surface area contributed by atoms with Gasteiger partial charge in [0.1, 0.15) is 5.69 Å². The molecule has 0 bridgehead atoms. The monoisotopic (exact) mass is 411 g/mol. The molecule has 7 heteroatoms. The highest BCUT2D eigenvalue weighted by Gasteiger charge is 2.32. The number of carbonyl (C=O) groups is 1. The maximum Gasteiger partial charge on any atom is 0.433 e. The lowest BCUT2D eigenvalue weighted by Gasteiger charge is -2.27. The van der Waals surface area contributed by atoms with Gasteiger partial charge in [-0.25, -0.2) is 0 Å². The fourth-order valence-electron chi connectivity index (χ4n) is 3.77. The molecule has 2 aromatic heterocycles. The lowest BCUT2D eigenvalue weighted by molar-refractivity contribution is -0.141. The van der Waals surface area contributed by atoms with Gasteiger partial charge in [-0.05, 0) is 67.6 Å². The van der Waals surface area contributed by atoms with E-state index in [-0.39, 0.29) is 11.9 Å². The van der Waals surface area contributed by atoms with Crippen LogP contribution in [0.3, 0.4) is 0 Å². The smallest absolute Gasteiger partial charge is 0.345 e. The Hall–Kier alpha value is -3.22. The summed E-state index contributed by atoms with van der Waals surface area (Å²) in [4.78, 5) is 20.5. The highest BCUT2D eigenvalue weighted by atomic mass is 19.4. The predicted molar refractivity (Wildman–Crippen MR) is 107 cm³/mol. The Balaban J connectivity index is 1.64. The third-order valence-corrected chi connectivity index (χ3v) is 5.27. The van der Waals surface area contributed by atoms with E-state index in [0.717, 1.165) is 48.2 Å². The van der Waals surface area contributed by atoms with Crippen LogP contribution in [0.1, 0.15) is 51.6 Å². The van der Waals surface area contributed by atoms with Crippen LogP contribution in [0.4, 0.5) is 13.2 Å². The van der Waals surface area contributed by atoms with Gasteiger partial charge in [0.25, 0.3) is 5.91 Å². The molecule has 30 heavy (non-hydrogen) atoms. The number of nitrogens with zero attached hydrogens (tertiary/aromatic N) is 2. The quantitative estimate of drug-likeness (QED) is 0.638. The molecule has 154 valence electrons. The van der Waals surface area contributed by atoms with Gasteiger partial charge in [0.05, 0.1) is 11.7 Å². The van der Waals surface area contributed by atoms with Gasteiger partial charge < -0.3 is 5.32 Å². The van der Waals surface area contributed by atoms with Crippen molar-refractivity contribution in [1.29, 1.82) is 0 Å². The number of benzene rings is 1. The molecular formula is C23H20F3N3O. The number of hydrogen-bond donors (Lipinski definition) is 1. The Kier molecular flexibility index (Phi) is 5.28. The van der Waals surface area contributed by atoms with Crippen molar-refractivity contribution in [3.8, 4) is 11.3 Å². The minimum absolute atomic E-state index is 0.168. The summed E-state index contributed by atoms with van der Waals surface area (Å²) in [7, 11) is 0. The Bertz CT molecular complexity index is 1100. The molecule has 1 atom stereocenters. The second-order valence-corrected chi connectivity index (χ2v) is 7.48. The van der Waals surface area contributed by atoms with Gasteiger partial charge in [-0.1, -0.05) is 17.7 Å². The summed E-state index contributed by atoms with van der Waals surface area (Å²) in [5.41, 5.74) is 3.30. The standard InChI is InChI=1S/C23H20F3N3O/c1-14-4-2-5-16(10-14)22(30)29-19-7-3-6-17-13-28-20(12-18(17)19)15-8-9-27-21(11-15)23(24,25)26/h2,4-5,8-13,19H,3,6-7H2,1H3,(H,29,30)/t19-/m0/s1. The largest absolute Gasteiger partial charge is 0.433 e. The van der Waals surface area contributed by atoms with Crippen molar-refractivity contribution in [2.24, 2.45) is 0 Å². The zero-order valence-corrected chi connectivity index (χ0v) is 16.3. The van der Waals surface area contributed by atoms with E-state index < -0.39 is 11.9 Å². The van der Waals surface area contributed by atoms with Crippen molar-refractivity contribution in [2.75, 3.05) is 0 Å². The van der Waals surface area contributed by atoms with E-state index in [9.17, 15) is 18.0 Å². The molecule has 0 spiro atoms. The molecule has 0 unspecified atom stereocenters. The van der Waals surface area contributed by atoms with Gasteiger partial charge in [0, 0.05) is 23.5 Å². The Labute approximate surface area is 172 Å². The van der Waals surface area contributed by atoms with E-state index >= 15 is 0 Å². The molecular weight excluding hydrogens is 391 g/mol. The summed E-state index contributed by atoms with van der Waals surface area (Å²) in [6.45, 7) is 1.93. The summed E-state index contributed by atoms with van der Waals surface area (Å²) in [5, 5.41) is 3.07. The van der Waals surface area contributed by atoms with Crippen molar-refractivity contribution in [2.45, 2.75) is 38.4 Å². The Morgan fingerprint density at radius 3 is 2.73 bits per heavy atom. The van der Waals surface area contributed by atoms with Gasteiger partial charge >= 0.3 is 6.18 Å². The minimum Gasteiger partial charge on any atom is -0.345 e. The Morgan fingerprint density at radius 1 is 1.13 bits per heavy atom. The number of aryl methyl sites for hydroxylation is 2. The van der Waals surface area contributed by atoms with E-state index in [4.69, 9.17) is 0 Å². The second kappa shape index (κ2) is 7.89. The zero-order chi connectivity index (χ0) is 21.3. The number of aromatic nitrogens is 2. The van der Waals surface area contributed by atoms with Crippen LogP contribution in [-0.4, -0.2) is 15.9 Å². The van der Waals surface area contributed by atoms with Crippen LogP contribution < -0.4 is 5.32 Å². The number of alkyl halides is 3. The number of pyridine rings is 2. The highest BCUT2D eigenvalue weighted by molar-refractivity contribution is 5.94. The third kappa shape index (κ3) is 4.20. The lowest BCUT2D eigenvalue weighted by Crippen LogP contribution is -2.31. The summed E-state index contributed by atoms with van der Waals surface area (Å²) in [5.74, 6) is -0.168. The molecule has 3 aromatic rings. The normalized spacial score (nSPS) is 16.1. The van der Waals surface area contributed by atoms with Crippen LogP contribution >= 0.6 is 0 Å². The van der Waals surface area contributed by atoms with Crippen LogP contribution in [0.15, 0.2) is 54.9 Å². The average molecular weight is 411 g/mol. The molecule has 4 nitrogen and oxygen atoms in total. The van der Waals surface area contributed by atoms with Crippen molar-refractivity contribution >= 4 is 5.91 Å². The number of halogens is 3. The molecule has 1 aromatic carbocycles. The number of carbonyl (C=O) groups excluding carboxylic acids is 1. The number of fused-ring (bicyclic) bond motifs is 1. The third-order valence-electron chi connectivity index (χ3n) is 5.27. The van der Waals surface area contributed by atoms with Crippen molar-refractivity contribution in [3.63, 3.8) is 0 Å². The second-order valence-electron chi connectivity index (χ2n) is 7.48. The molecule has 0 aliphatic heterocycles. The zero-order valence-electron chi connectivity index (χ0n) is 16.3. The van der Waals surface area contributed by atoms with E-state index in [1.54, 1.807) is 18.3 Å². The van der Waals surface area contributed by atoms with E-state index in [1.807, 2.05) is 25.1 Å². The van der Waals surface area contributed by atoms with Gasteiger partial charge in [-0.15, -0.1) is 0 Å². The number of amides is 1. The summed E-state index contributed by atoms with van der Waals surface area (Å²) in [6.07, 6.45) is 0.802. The average Bonchev–Trinajstić information content (AvgIpc) is 2.73. The van der Waals surface area contributed by atoms with Gasteiger partial charge in [0.2, 0.25) is 0 Å². The van der Waals surface area contributed by atoms with Crippen LogP contribution in [0.25, 0.3) is 11.3 Å². The molecule has 1 N–H and O–H groups in total. The van der Waals surface area contributed by atoms with E-state index in [1.165, 1.54) is 6.07 Å². The van der Waals surface area contributed by atoms with Gasteiger partial charge in [-0.2, -0.15) is 13.2 Å². The first-order valence-electron chi connectivity index (χ1n) is 9.71. The molecule has 4 rings (SSSR count). The first-order chi connectivity index (χ1) is 14.3. The molecule has 0 radical (unpaired) electrons. The molecule has 1 aliphatic rings. The van der Waals surface area contributed by atoms with Crippen LogP contribution in [0, 0.1) is 6.92 Å². The summed E-state index contributed by atoms with van der Waals surface area (Å²) < 4.78 is 39.1. The van der Waals surface area contributed by atoms with E-state index in [2.05, 4.69) is 15.3 Å².